The van der Waals surface area contributed by atoms with Gasteiger partial charge in [-0.3, -0.25) is 0 Å². The van der Waals surface area contributed by atoms with Crippen molar-refractivity contribution in [1.29, 1.82) is 0 Å². The molecule has 90 valence electrons. The quantitative estimate of drug-likeness (QED) is 0.663. The lowest BCUT2D eigenvalue weighted by molar-refractivity contribution is 0.0347. The fraction of sp³-hybridized carbons (Fsp3) is 1.00. The van der Waals surface area contributed by atoms with Gasteiger partial charge in [-0.25, -0.2) is 0 Å². The monoisotopic (exact) mass is 215 g/mol. The van der Waals surface area contributed by atoms with E-state index in [0.29, 0.717) is 6.10 Å². The summed E-state index contributed by atoms with van der Waals surface area (Å²) in [6.07, 6.45) is 9.21. The van der Waals surface area contributed by atoms with Crippen LogP contribution in [0.5, 0.6) is 0 Å². The van der Waals surface area contributed by atoms with Crippen molar-refractivity contribution in [2.24, 2.45) is 0 Å². The van der Waals surface area contributed by atoms with E-state index >= 15 is 0 Å². The topological polar surface area (TPSA) is 41.5 Å². The number of aliphatic hydroxyl groups excluding tert-OH is 1. The Bertz CT molecular complexity index is 141. The number of nitrogens with one attached hydrogen (secondary N) is 1. The third-order valence-corrected chi connectivity index (χ3v) is 3.25. The van der Waals surface area contributed by atoms with E-state index in [1.165, 1.54) is 38.5 Å². The van der Waals surface area contributed by atoms with Crippen molar-refractivity contribution in [3.63, 3.8) is 0 Å². The van der Waals surface area contributed by atoms with E-state index in [9.17, 15) is 0 Å². The summed E-state index contributed by atoms with van der Waals surface area (Å²) < 4.78 is 5.85. The Balaban J connectivity index is 2.07. The fourth-order valence-electron chi connectivity index (χ4n) is 2.11. The van der Waals surface area contributed by atoms with Gasteiger partial charge < -0.3 is 15.2 Å². The average molecular weight is 215 g/mol. The lowest BCUT2D eigenvalue weighted by atomic mass is 10.1. The molecule has 1 aliphatic carbocycles. The Morgan fingerprint density at radius 3 is 2.47 bits per heavy atom. The van der Waals surface area contributed by atoms with Crippen molar-refractivity contribution in [3.8, 4) is 0 Å². The number of hydrogen-bond acceptors (Lipinski definition) is 3. The molecule has 1 fully saturated rings. The predicted molar refractivity (Wildman–Crippen MR) is 62.0 cm³/mol. The molecule has 0 heterocycles. The first-order chi connectivity index (χ1) is 7.36. The van der Waals surface area contributed by atoms with Gasteiger partial charge in [0.1, 0.15) is 0 Å². The van der Waals surface area contributed by atoms with E-state index in [4.69, 9.17) is 9.84 Å². The standard InChI is InChI=1S/C12H25NO2/c1-13-11(10-14)8-9-15-12-6-4-2-3-5-7-12/h11-14H,2-10H2,1H3. The van der Waals surface area contributed by atoms with Crippen molar-refractivity contribution in [3.05, 3.63) is 0 Å². The zero-order valence-electron chi connectivity index (χ0n) is 9.87. The molecule has 0 radical (unpaired) electrons. The Morgan fingerprint density at radius 1 is 1.27 bits per heavy atom. The molecule has 1 saturated carbocycles. The van der Waals surface area contributed by atoms with Gasteiger partial charge in [0.25, 0.3) is 0 Å². The summed E-state index contributed by atoms with van der Waals surface area (Å²) in [5, 5.41) is 12.1. The smallest absolute Gasteiger partial charge is 0.0585 e. The molecule has 0 saturated heterocycles. The number of aliphatic hydroxyl groups is 1. The molecule has 3 heteroatoms. The zero-order valence-corrected chi connectivity index (χ0v) is 9.87. The summed E-state index contributed by atoms with van der Waals surface area (Å²) in [7, 11) is 1.88. The maximum atomic E-state index is 8.99. The van der Waals surface area contributed by atoms with Crippen LogP contribution in [0.15, 0.2) is 0 Å². The van der Waals surface area contributed by atoms with Crippen molar-refractivity contribution >= 4 is 0 Å². The van der Waals surface area contributed by atoms with Gasteiger partial charge in [0, 0.05) is 12.6 Å². The zero-order chi connectivity index (χ0) is 10.9. The Hall–Kier alpha value is -0.120. The minimum Gasteiger partial charge on any atom is -0.395 e. The summed E-state index contributed by atoms with van der Waals surface area (Å²) in [5.41, 5.74) is 0. The molecule has 3 nitrogen and oxygen atoms in total. The summed E-state index contributed by atoms with van der Waals surface area (Å²) in [6.45, 7) is 0.973. The van der Waals surface area contributed by atoms with E-state index in [-0.39, 0.29) is 12.6 Å². The molecule has 0 aromatic heterocycles. The van der Waals surface area contributed by atoms with Crippen LogP contribution in [0.25, 0.3) is 0 Å². The lowest BCUT2D eigenvalue weighted by Crippen LogP contribution is -2.30. The lowest BCUT2D eigenvalue weighted by Gasteiger charge is -2.18. The van der Waals surface area contributed by atoms with Gasteiger partial charge in [0.05, 0.1) is 12.7 Å². The second kappa shape index (κ2) is 8.08. The van der Waals surface area contributed by atoms with Gasteiger partial charge in [-0.15, -0.1) is 0 Å². The van der Waals surface area contributed by atoms with Gasteiger partial charge in [0.15, 0.2) is 0 Å². The Kier molecular flexibility index (Phi) is 6.98. The summed E-state index contributed by atoms with van der Waals surface area (Å²) >= 11 is 0. The van der Waals surface area contributed by atoms with Crippen molar-refractivity contribution in [1.82, 2.24) is 5.32 Å². The first kappa shape index (κ1) is 12.9. The highest BCUT2D eigenvalue weighted by molar-refractivity contribution is 4.66. The Labute approximate surface area is 93.2 Å². The molecule has 0 aromatic rings. The van der Waals surface area contributed by atoms with E-state index in [1.807, 2.05) is 7.05 Å². The SMILES string of the molecule is CNC(CO)CCOC1CCCCCC1. The third kappa shape index (κ3) is 5.50. The highest BCUT2D eigenvalue weighted by Gasteiger charge is 2.13. The van der Waals surface area contributed by atoms with Crippen molar-refractivity contribution < 1.29 is 9.84 Å². The predicted octanol–water partition coefficient (Wildman–Crippen LogP) is 1.70. The average Bonchev–Trinajstić information content (AvgIpc) is 2.53. The molecule has 1 rings (SSSR count). The number of likely N-dealkylation sites (N-methyl/N-ethyl adjacent to an activating group) is 1. The fourth-order valence-corrected chi connectivity index (χ4v) is 2.11. The summed E-state index contributed by atoms with van der Waals surface area (Å²) in [4.78, 5) is 0. The highest BCUT2D eigenvalue weighted by atomic mass is 16.5. The maximum Gasteiger partial charge on any atom is 0.0585 e. The molecule has 15 heavy (non-hydrogen) atoms. The van der Waals surface area contributed by atoms with Crippen molar-refractivity contribution in [2.75, 3.05) is 20.3 Å². The van der Waals surface area contributed by atoms with Crippen LogP contribution in [-0.2, 0) is 4.74 Å². The molecule has 1 atom stereocenters. The van der Waals surface area contributed by atoms with Gasteiger partial charge >= 0.3 is 0 Å². The number of hydrogen-bond donors (Lipinski definition) is 2. The first-order valence-electron chi connectivity index (χ1n) is 6.26. The maximum absolute atomic E-state index is 8.99. The van der Waals surface area contributed by atoms with E-state index in [2.05, 4.69) is 5.32 Å². The summed E-state index contributed by atoms with van der Waals surface area (Å²) in [6, 6.07) is 0.191. The molecular formula is C12H25NO2. The van der Waals surface area contributed by atoms with Gasteiger partial charge in [-0.05, 0) is 26.3 Å². The van der Waals surface area contributed by atoms with Crippen LogP contribution in [0, 0.1) is 0 Å². The summed E-state index contributed by atoms with van der Waals surface area (Å²) in [5.74, 6) is 0. The van der Waals surface area contributed by atoms with Gasteiger partial charge in [0.2, 0.25) is 0 Å². The van der Waals surface area contributed by atoms with Crippen LogP contribution in [0.4, 0.5) is 0 Å². The molecule has 1 aliphatic rings. The van der Waals surface area contributed by atoms with Crippen LogP contribution in [0.3, 0.4) is 0 Å². The van der Waals surface area contributed by atoms with Gasteiger partial charge in [-0.2, -0.15) is 0 Å². The minimum absolute atomic E-state index is 0.191. The molecule has 0 spiro atoms. The van der Waals surface area contributed by atoms with Crippen LogP contribution in [-0.4, -0.2) is 37.5 Å². The van der Waals surface area contributed by atoms with E-state index in [1.54, 1.807) is 0 Å². The van der Waals surface area contributed by atoms with E-state index in [0.717, 1.165) is 13.0 Å². The minimum atomic E-state index is 0.191. The number of ether oxygens (including phenoxy) is 1. The highest BCUT2D eigenvalue weighted by Crippen LogP contribution is 2.19. The van der Waals surface area contributed by atoms with Crippen LogP contribution in [0.2, 0.25) is 0 Å². The van der Waals surface area contributed by atoms with Crippen LogP contribution < -0.4 is 5.32 Å². The first-order valence-corrected chi connectivity index (χ1v) is 6.26. The molecule has 0 bridgehead atoms. The normalized spacial score (nSPS) is 21.2. The molecular weight excluding hydrogens is 190 g/mol. The second-order valence-electron chi connectivity index (χ2n) is 4.44. The number of rotatable bonds is 6. The molecule has 1 unspecified atom stereocenters. The third-order valence-electron chi connectivity index (χ3n) is 3.25. The molecule has 2 N–H and O–H groups in total. The molecule has 0 aliphatic heterocycles. The second-order valence-corrected chi connectivity index (χ2v) is 4.44. The van der Waals surface area contributed by atoms with Crippen LogP contribution in [0.1, 0.15) is 44.9 Å². The van der Waals surface area contributed by atoms with Crippen LogP contribution >= 0.6 is 0 Å². The Morgan fingerprint density at radius 2 is 1.93 bits per heavy atom. The molecule has 0 aromatic carbocycles. The van der Waals surface area contributed by atoms with Crippen molar-refractivity contribution in [2.45, 2.75) is 57.1 Å². The molecule has 0 amide bonds. The largest absolute Gasteiger partial charge is 0.395 e. The van der Waals surface area contributed by atoms with E-state index < -0.39 is 0 Å². The van der Waals surface area contributed by atoms with Gasteiger partial charge in [-0.1, -0.05) is 25.7 Å².